The van der Waals surface area contributed by atoms with Crippen LogP contribution in [0.25, 0.3) is 0 Å². The van der Waals surface area contributed by atoms with Crippen molar-refractivity contribution in [2.24, 2.45) is 11.5 Å². The van der Waals surface area contributed by atoms with Crippen molar-refractivity contribution >= 4 is 5.91 Å². The van der Waals surface area contributed by atoms with Gasteiger partial charge in [0.1, 0.15) is 0 Å². The number of rotatable bonds is 1. The number of hydrogen-bond donors (Lipinski definition) is 2. The van der Waals surface area contributed by atoms with Gasteiger partial charge >= 0.3 is 58.2 Å². The molecule has 0 aromatic carbocycles. The zero-order valence-corrected chi connectivity index (χ0v) is 9.06. The number of amides is 1. The van der Waals surface area contributed by atoms with E-state index in [1.54, 1.807) is 0 Å². The minimum absolute atomic E-state index is 0. The number of primary amides is 1. The number of nitrogens with two attached hydrogens (primary N) is 2. The summed E-state index contributed by atoms with van der Waals surface area (Å²) in [6.45, 7) is 0. The Morgan fingerprint density at radius 2 is 2.14 bits per heavy atom. The molecule has 4 heteroatoms. The van der Waals surface area contributed by atoms with Crippen LogP contribution in [0.5, 0.6) is 0 Å². The molecule has 0 heterocycles. The quantitative estimate of drug-likeness (QED) is 0.309. The summed E-state index contributed by atoms with van der Waals surface area (Å²) in [4.78, 5) is 9.60. The Morgan fingerprint density at radius 3 is 2.14 bits per heavy atom. The molecule has 0 saturated carbocycles. The Bertz CT molecular complexity index is 81.0. The van der Waals surface area contributed by atoms with E-state index in [1.165, 1.54) is 0 Å². The summed E-state index contributed by atoms with van der Waals surface area (Å²) in [6, 6.07) is 0. The third-order valence-corrected chi connectivity index (χ3v) is 0.226. The van der Waals surface area contributed by atoms with E-state index in [0.29, 0.717) is 0 Å². The van der Waals surface area contributed by atoms with Crippen LogP contribution < -0.4 is 69.7 Å². The number of carbonyl (C=O) groups is 1. The second kappa shape index (κ2) is 6.82. The molecule has 0 saturated heterocycles. The van der Waals surface area contributed by atoms with Gasteiger partial charge in [0.25, 0.3) is 0 Å². The Hall–Kier alpha value is 0.815. The molecular weight excluding hydrogens is 166 g/mol. The van der Waals surface area contributed by atoms with Gasteiger partial charge < -0.3 is 22.3 Å². The largest absolute Gasteiger partial charge is 1.00 e. The molecule has 0 aliphatic rings. The van der Waals surface area contributed by atoms with Crippen molar-refractivity contribution in [1.29, 1.82) is 0 Å². The molecule has 4 N–H and O–H groups in total. The van der Waals surface area contributed by atoms with Crippen molar-refractivity contribution in [2.45, 2.75) is 0 Å². The van der Waals surface area contributed by atoms with Gasteiger partial charge in [-0.3, -0.25) is 0 Å². The first-order valence-corrected chi connectivity index (χ1v) is 1.36. The predicted octanol–water partition coefficient (Wildman–Crippen LogP) is -4.25. The monoisotopic (exact) mass is 170 g/mol. The van der Waals surface area contributed by atoms with Gasteiger partial charge in [0.15, 0.2) is 0 Å². The molecule has 0 spiro atoms. The third-order valence-electron chi connectivity index (χ3n) is 0.226. The summed E-state index contributed by atoms with van der Waals surface area (Å²) in [5, 5.41) is 0. The standard InChI is InChI=1S/C3H5N2O.Rb/c4-2-1-3(5)6;/h2H,4H2,(H2,5,6);/q-1;+1. The van der Waals surface area contributed by atoms with Crippen LogP contribution in [0.4, 0.5) is 0 Å². The first-order chi connectivity index (χ1) is 2.77. The van der Waals surface area contributed by atoms with Crippen LogP contribution in [-0.2, 0) is 4.79 Å². The van der Waals surface area contributed by atoms with Gasteiger partial charge in [0.05, 0.1) is 5.91 Å². The molecule has 0 aromatic heterocycles. The van der Waals surface area contributed by atoms with Gasteiger partial charge in [0.2, 0.25) is 0 Å². The molecule has 0 fully saturated rings. The van der Waals surface area contributed by atoms with Gasteiger partial charge in [-0.05, 0) is 0 Å². The minimum atomic E-state index is -0.641. The topological polar surface area (TPSA) is 69.1 Å². The van der Waals surface area contributed by atoms with Crippen molar-refractivity contribution in [3.8, 4) is 0 Å². The van der Waals surface area contributed by atoms with Crippen LogP contribution in [0.1, 0.15) is 0 Å². The first kappa shape index (κ1) is 10.7. The maximum Gasteiger partial charge on any atom is 1.00 e. The molecule has 34 valence electrons. The van der Waals surface area contributed by atoms with E-state index in [1.807, 2.05) is 6.08 Å². The van der Waals surface area contributed by atoms with E-state index < -0.39 is 5.91 Å². The van der Waals surface area contributed by atoms with Crippen LogP contribution in [0.15, 0.2) is 6.20 Å². The summed E-state index contributed by atoms with van der Waals surface area (Å²) in [6.07, 6.45) is 2.97. The number of hydrogen-bond acceptors (Lipinski definition) is 2. The molecule has 3 nitrogen and oxygen atoms in total. The van der Waals surface area contributed by atoms with Crippen LogP contribution in [0.2, 0.25) is 0 Å². The maximum atomic E-state index is 9.60. The second-order valence-electron chi connectivity index (χ2n) is 0.675. The van der Waals surface area contributed by atoms with E-state index in [9.17, 15) is 4.79 Å². The molecular formula is C3H5N2ORb. The summed E-state index contributed by atoms with van der Waals surface area (Å²) in [5.41, 5.74) is 9.23. The fraction of sp³-hybridized carbons (Fsp3) is 0. The molecule has 0 rings (SSSR count). The Kier molecular flexibility index (Phi) is 10.5. The Labute approximate surface area is 90.9 Å². The van der Waals surface area contributed by atoms with E-state index >= 15 is 0 Å². The van der Waals surface area contributed by atoms with Gasteiger partial charge in [-0.15, -0.1) is 0 Å². The summed E-state index contributed by atoms with van der Waals surface area (Å²) in [5.74, 6) is -0.641. The SMILES string of the molecule is NC=[C-]C(N)=O.[Rb+]. The smallest absolute Gasteiger partial charge is 0.437 e. The van der Waals surface area contributed by atoms with Crippen molar-refractivity contribution in [3.05, 3.63) is 12.3 Å². The molecule has 0 unspecified atom stereocenters. The van der Waals surface area contributed by atoms with Crippen molar-refractivity contribution < 1.29 is 63.0 Å². The van der Waals surface area contributed by atoms with E-state index in [4.69, 9.17) is 5.73 Å². The zero-order valence-electron chi connectivity index (χ0n) is 4.14. The molecule has 0 bridgehead atoms. The second-order valence-corrected chi connectivity index (χ2v) is 0.675. The van der Waals surface area contributed by atoms with Gasteiger partial charge in [0, 0.05) is 0 Å². The fourth-order valence-corrected chi connectivity index (χ4v) is 0.0821. The van der Waals surface area contributed by atoms with Gasteiger partial charge in [-0.25, -0.2) is 0 Å². The van der Waals surface area contributed by atoms with E-state index in [2.05, 4.69) is 5.73 Å². The van der Waals surface area contributed by atoms with Crippen LogP contribution in [0.3, 0.4) is 0 Å². The van der Waals surface area contributed by atoms with Crippen LogP contribution >= 0.6 is 0 Å². The van der Waals surface area contributed by atoms with E-state index in [-0.39, 0.29) is 58.2 Å². The van der Waals surface area contributed by atoms with Crippen LogP contribution in [-0.4, -0.2) is 5.91 Å². The van der Waals surface area contributed by atoms with Crippen LogP contribution in [0, 0.1) is 6.08 Å². The van der Waals surface area contributed by atoms with Gasteiger partial charge in [-0.1, -0.05) is 0 Å². The fourth-order valence-electron chi connectivity index (χ4n) is 0.0821. The van der Waals surface area contributed by atoms with Crippen molar-refractivity contribution in [3.63, 3.8) is 0 Å². The Balaban J connectivity index is 0. The predicted molar refractivity (Wildman–Crippen MR) is 21.2 cm³/mol. The molecule has 0 radical (unpaired) electrons. The summed E-state index contributed by atoms with van der Waals surface area (Å²) >= 11 is 0. The third kappa shape index (κ3) is 10.9. The molecule has 1 amide bonds. The Morgan fingerprint density at radius 1 is 1.71 bits per heavy atom. The molecule has 0 aliphatic carbocycles. The van der Waals surface area contributed by atoms with Crippen molar-refractivity contribution in [2.75, 3.05) is 0 Å². The summed E-state index contributed by atoms with van der Waals surface area (Å²) < 4.78 is 0. The van der Waals surface area contributed by atoms with Crippen molar-refractivity contribution in [1.82, 2.24) is 0 Å². The zero-order chi connectivity index (χ0) is 4.99. The van der Waals surface area contributed by atoms with Gasteiger partial charge in [-0.2, -0.15) is 6.20 Å². The first-order valence-electron chi connectivity index (χ1n) is 1.36. The number of carbonyl (C=O) groups excluding carboxylic acids is 1. The molecule has 0 aromatic rings. The molecule has 0 aliphatic heterocycles. The van der Waals surface area contributed by atoms with E-state index in [0.717, 1.165) is 6.20 Å². The molecule has 7 heavy (non-hydrogen) atoms. The summed E-state index contributed by atoms with van der Waals surface area (Å²) in [7, 11) is 0. The maximum absolute atomic E-state index is 9.60. The average molecular weight is 171 g/mol. The molecule has 0 atom stereocenters. The average Bonchev–Trinajstić information content (AvgIpc) is 1.35. The normalized spacial score (nSPS) is 8.00. The minimum Gasteiger partial charge on any atom is -0.437 e.